The quantitative estimate of drug-likeness (QED) is 0.774. The highest BCUT2D eigenvalue weighted by Gasteiger charge is 2.19. The summed E-state index contributed by atoms with van der Waals surface area (Å²) < 4.78 is 5.58. The molecular weight excluding hydrogens is 274 g/mol. The van der Waals surface area contributed by atoms with Crippen LogP contribution >= 0.6 is 0 Å². The normalized spacial score (nSPS) is 20.6. The molecule has 122 valence electrons. The number of aliphatic hydroxyl groups excluding tert-OH is 1. The molecule has 3 heteroatoms. The van der Waals surface area contributed by atoms with Crippen LogP contribution in [0.25, 0.3) is 0 Å². The lowest BCUT2D eigenvalue weighted by molar-refractivity contribution is 0.109. The highest BCUT2D eigenvalue weighted by atomic mass is 16.5. The maximum Gasteiger partial charge on any atom is 0.119 e. The van der Waals surface area contributed by atoms with Crippen molar-refractivity contribution in [2.45, 2.75) is 51.7 Å². The second-order valence-electron chi connectivity index (χ2n) is 6.50. The Hall–Kier alpha value is -1.32. The van der Waals surface area contributed by atoms with Crippen molar-refractivity contribution in [1.29, 1.82) is 0 Å². The standard InChI is InChI=1S/C19H29NO2/c1-15(2)14-22-18-9-7-17(8-10-18)19(21)11-13-20-12-5-4-6-16(20)3/h7-10,16,19,21H,1,4-6,11-14H2,2-3H3. The summed E-state index contributed by atoms with van der Waals surface area (Å²) in [5.74, 6) is 0.823. The maximum atomic E-state index is 10.4. The van der Waals surface area contributed by atoms with Gasteiger partial charge < -0.3 is 14.7 Å². The van der Waals surface area contributed by atoms with Gasteiger partial charge in [-0.05, 0) is 62.9 Å². The van der Waals surface area contributed by atoms with E-state index in [1.54, 1.807) is 0 Å². The number of aliphatic hydroxyl groups is 1. The zero-order chi connectivity index (χ0) is 15.9. The molecule has 0 saturated carbocycles. The third kappa shape index (κ3) is 5.15. The lowest BCUT2D eigenvalue weighted by Crippen LogP contribution is -2.38. The fourth-order valence-corrected chi connectivity index (χ4v) is 2.94. The molecule has 3 nitrogen and oxygen atoms in total. The van der Waals surface area contributed by atoms with Crippen LogP contribution in [0.4, 0.5) is 0 Å². The molecule has 22 heavy (non-hydrogen) atoms. The number of rotatable bonds is 7. The number of piperidine rings is 1. The Morgan fingerprint density at radius 2 is 2.09 bits per heavy atom. The molecule has 1 aromatic rings. The van der Waals surface area contributed by atoms with E-state index in [0.29, 0.717) is 12.6 Å². The molecular formula is C19H29NO2. The van der Waals surface area contributed by atoms with Crippen LogP contribution in [0.5, 0.6) is 5.75 Å². The fraction of sp³-hybridized carbons (Fsp3) is 0.579. The van der Waals surface area contributed by atoms with E-state index in [-0.39, 0.29) is 0 Å². The van der Waals surface area contributed by atoms with Crippen LogP contribution in [0.1, 0.15) is 51.2 Å². The molecule has 2 atom stereocenters. The first-order valence-electron chi connectivity index (χ1n) is 8.35. The predicted octanol–water partition coefficient (Wildman–Crippen LogP) is 3.94. The summed E-state index contributed by atoms with van der Waals surface area (Å²) >= 11 is 0. The van der Waals surface area contributed by atoms with E-state index in [4.69, 9.17) is 4.74 Å². The Kier molecular flexibility index (Phi) is 6.47. The number of hydrogen-bond acceptors (Lipinski definition) is 3. The molecule has 0 radical (unpaired) electrons. The Bertz CT molecular complexity index is 469. The third-order valence-electron chi connectivity index (χ3n) is 4.38. The first kappa shape index (κ1) is 17.0. The molecule has 1 N–H and O–H groups in total. The van der Waals surface area contributed by atoms with Gasteiger partial charge in [-0.3, -0.25) is 0 Å². The minimum Gasteiger partial charge on any atom is -0.489 e. The number of nitrogens with zero attached hydrogens (tertiary/aromatic N) is 1. The summed E-state index contributed by atoms with van der Waals surface area (Å²) in [7, 11) is 0. The average Bonchev–Trinajstić information content (AvgIpc) is 2.52. The van der Waals surface area contributed by atoms with Gasteiger partial charge in [-0.25, -0.2) is 0 Å². The Morgan fingerprint density at radius 3 is 2.73 bits per heavy atom. The van der Waals surface area contributed by atoms with Crippen molar-refractivity contribution >= 4 is 0 Å². The number of ether oxygens (including phenoxy) is 1. The number of hydrogen-bond donors (Lipinski definition) is 1. The van der Waals surface area contributed by atoms with Gasteiger partial charge in [-0.2, -0.15) is 0 Å². The molecule has 1 saturated heterocycles. The van der Waals surface area contributed by atoms with Crippen molar-refractivity contribution in [2.24, 2.45) is 0 Å². The van der Waals surface area contributed by atoms with Crippen LogP contribution in [0.15, 0.2) is 36.4 Å². The molecule has 1 aliphatic rings. The first-order chi connectivity index (χ1) is 10.6. The summed E-state index contributed by atoms with van der Waals surface area (Å²) in [6.45, 7) is 10.7. The monoisotopic (exact) mass is 303 g/mol. The second-order valence-corrected chi connectivity index (χ2v) is 6.50. The third-order valence-corrected chi connectivity index (χ3v) is 4.38. The second kappa shape index (κ2) is 8.35. The summed E-state index contributed by atoms with van der Waals surface area (Å²) in [5, 5.41) is 10.4. The lowest BCUT2D eigenvalue weighted by Gasteiger charge is -2.33. The van der Waals surface area contributed by atoms with Crippen LogP contribution in [0.2, 0.25) is 0 Å². The molecule has 0 aromatic heterocycles. The maximum absolute atomic E-state index is 10.4. The molecule has 0 aliphatic carbocycles. The molecule has 1 aromatic carbocycles. The first-order valence-corrected chi connectivity index (χ1v) is 8.35. The topological polar surface area (TPSA) is 32.7 Å². The number of benzene rings is 1. The van der Waals surface area contributed by atoms with E-state index >= 15 is 0 Å². The molecule has 2 unspecified atom stereocenters. The Morgan fingerprint density at radius 1 is 1.36 bits per heavy atom. The van der Waals surface area contributed by atoms with E-state index in [9.17, 15) is 5.11 Å². The van der Waals surface area contributed by atoms with E-state index in [2.05, 4.69) is 18.4 Å². The van der Waals surface area contributed by atoms with Gasteiger partial charge in [0.25, 0.3) is 0 Å². The molecule has 0 bridgehead atoms. The summed E-state index contributed by atoms with van der Waals surface area (Å²) in [4.78, 5) is 2.50. The minimum atomic E-state index is -0.399. The van der Waals surface area contributed by atoms with E-state index in [1.807, 2.05) is 31.2 Å². The molecule has 0 amide bonds. The van der Waals surface area contributed by atoms with Crippen molar-refractivity contribution < 1.29 is 9.84 Å². The van der Waals surface area contributed by atoms with Crippen molar-refractivity contribution in [2.75, 3.05) is 19.7 Å². The van der Waals surface area contributed by atoms with Crippen molar-refractivity contribution in [3.63, 3.8) is 0 Å². The smallest absolute Gasteiger partial charge is 0.119 e. The lowest BCUT2D eigenvalue weighted by atomic mass is 10.0. The SMILES string of the molecule is C=C(C)COc1ccc(C(O)CCN2CCCCC2C)cc1. The largest absolute Gasteiger partial charge is 0.489 e. The highest BCUT2D eigenvalue weighted by molar-refractivity contribution is 5.28. The minimum absolute atomic E-state index is 0.399. The molecule has 2 rings (SSSR count). The molecule has 1 fully saturated rings. The zero-order valence-corrected chi connectivity index (χ0v) is 13.9. The van der Waals surface area contributed by atoms with Crippen LogP contribution in [0.3, 0.4) is 0 Å². The molecule has 1 aliphatic heterocycles. The predicted molar refractivity (Wildman–Crippen MR) is 91.2 cm³/mol. The zero-order valence-electron chi connectivity index (χ0n) is 13.9. The average molecular weight is 303 g/mol. The Labute approximate surface area is 134 Å². The van der Waals surface area contributed by atoms with Gasteiger partial charge in [0.2, 0.25) is 0 Å². The van der Waals surface area contributed by atoms with Gasteiger partial charge in [-0.1, -0.05) is 25.1 Å². The Balaban J connectivity index is 1.81. The summed E-state index contributed by atoms with van der Waals surface area (Å²) in [6.07, 6.45) is 4.30. The van der Waals surface area contributed by atoms with Crippen molar-refractivity contribution in [3.8, 4) is 5.75 Å². The van der Waals surface area contributed by atoms with Gasteiger partial charge in [0.05, 0.1) is 6.10 Å². The van der Waals surface area contributed by atoms with E-state index < -0.39 is 6.10 Å². The fourth-order valence-electron chi connectivity index (χ4n) is 2.94. The van der Waals surface area contributed by atoms with E-state index in [1.165, 1.54) is 25.8 Å². The van der Waals surface area contributed by atoms with Gasteiger partial charge in [0, 0.05) is 12.6 Å². The molecule has 0 spiro atoms. The van der Waals surface area contributed by atoms with Gasteiger partial charge in [0.15, 0.2) is 0 Å². The number of likely N-dealkylation sites (tertiary alicyclic amines) is 1. The van der Waals surface area contributed by atoms with Crippen molar-refractivity contribution in [3.05, 3.63) is 42.0 Å². The highest BCUT2D eigenvalue weighted by Crippen LogP contribution is 2.23. The van der Waals surface area contributed by atoms with Crippen molar-refractivity contribution in [1.82, 2.24) is 4.90 Å². The van der Waals surface area contributed by atoms with Gasteiger partial charge >= 0.3 is 0 Å². The van der Waals surface area contributed by atoms with E-state index in [0.717, 1.165) is 29.9 Å². The van der Waals surface area contributed by atoms with Crippen LogP contribution < -0.4 is 4.74 Å². The van der Waals surface area contributed by atoms with Gasteiger partial charge in [-0.15, -0.1) is 0 Å². The summed E-state index contributed by atoms with van der Waals surface area (Å²) in [6, 6.07) is 8.41. The summed E-state index contributed by atoms with van der Waals surface area (Å²) in [5.41, 5.74) is 1.96. The molecule has 1 heterocycles. The van der Waals surface area contributed by atoms with Crippen LogP contribution in [0, 0.1) is 0 Å². The van der Waals surface area contributed by atoms with Gasteiger partial charge in [0.1, 0.15) is 12.4 Å². The van der Waals surface area contributed by atoms with Crippen LogP contribution in [-0.4, -0.2) is 35.7 Å². The van der Waals surface area contributed by atoms with Crippen LogP contribution in [-0.2, 0) is 0 Å².